The monoisotopic (exact) mass is 377 g/mol. The summed E-state index contributed by atoms with van der Waals surface area (Å²) in [7, 11) is 1.82. The zero-order valence-corrected chi connectivity index (χ0v) is 16.5. The van der Waals surface area contributed by atoms with Crippen LogP contribution in [0.1, 0.15) is 40.4 Å². The second-order valence-corrected chi connectivity index (χ2v) is 8.66. The third-order valence-electron chi connectivity index (χ3n) is 7.13. The van der Waals surface area contributed by atoms with Gasteiger partial charge in [-0.05, 0) is 56.5 Å². The molecule has 0 aliphatic carbocycles. The third-order valence-corrected chi connectivity index (χ3v) is 7.13. The highest BCUT2D eigenvalue weighted by Crippen LogP contribution is 2.46. The number of ketones is 1. The van der Waals surface area contributed by atoms with E-state index in [1.807, 2.05) is 24.2 Å². The quantitative estimate of drug-likeness (QED) is 0.610. The number of rotatable bonds is 3. The maximum absolute atomic E-state index is 13.3. The first-order valence-electron chi connectivity index (χ1n) is 10.3. The topological polar surface area (TPSA) is 45.6 Å². The molecule has 0 radical (unpaired) electrons. The number of fused-ring (bicyclic) bond motifs is 2. The zero-order valence-electron chi connectivity index (χ0n) is 16.5. The summed E-state index contributed by atoms with van der Waals surface area (Å²) in [6, 6.07) is 12.8. The fourth-order valence-electron chi connectivity index (χ4n) is 5.70. The van der Waals surface area contributed by atoms with Gasteiger partial charge in [0.1, 0.15) is 0 Å². The first-order chi connectivity index (χ1) is 13.5. The molecule has 1 amide bonds. The molecule has 4 fully saturated rings. The molecule has 5 heterocycles. The van der Waals surface area contributed by atoms with E-state index in [2.05, 4.69) is 36.1 Å². The summed E-state index contributed by atoms with van der Waals surface area (Å²) < 4.78 is 1.74. The normalized spacial score (nSPS) is 31.1. The summed E-state index contributed by atoms with van der Waals surface area (Å²) in [6.45, 7) is 4.96. The van der Waals surface area contributed by atoms with Gasteiger partial charge in [0.2, 0.25) is 0 Å². The predicted molar refractivity (Wildman–Crippen MR) is 107 cm³/mol. The Morgan fingerprint density at radius 1 is 1.00 bits per heavy atom. The van der Waals surface area contributed by atoms with E-state index in [1.54, 1.807) is 10.6 Å². The fourth-order valence-corrected chi connectivity index (χ4v) is 5.70. The number of carbonyl (C=O) groups excluding carboxylic acids is 2. The number of amides is 1. The van der Waals surface area contributed by atoms with Gasteiger partial charge in [0.05, 0.1) is 11.7 Å². The van der Waals surface area contributed by atoms with E-state index < -0.39 is 0 Å². The van der Waals surface area contributed by atoms with E-state index in [1.165, 1.54) is 11.1 Å². The molecule has 0 spiro atoms. The molecule has 1 aromatic carbocycles. The van der Waals surface area contributed by atoms with Gasteiger partial charge in [-0.2, -0.15) is 0 Å². The second-order valence-electron chi connectivity index (χ2n) is 8.66. The van der Waals surface area contributed by atoms with Crippen LogP contribution in [0.2, 0.25) is 0 Å². The number of hydrogen-bond donors (Lipinski definition) is 0. The van der Waals surface area contributed by atoms with Crippen molar-refractivity contribution in [2.45, 2.75) is 37.8 Å². The summed E-state index contributed by atoms with van der Waals surface area (Å²) in [4.78, 5) is 30.7. The zero-order chi connectivity index (χ0) is 19.4. The molecule has 2 aromatic rings. The molecule has 3 atom stereocenters. The van der Waals surface area contributed by atoms with E-state index in [0.717, 1.165) is 25.9 Å². The molecule has 146 valence electrons. The number of likely N-dealkylation sites (tertiary alicyclic amines) is 1. The fraction of sp³-hybridized carbons (Fsp3) is 0.478. The Morgan fingerprint density at radius 2 is 1.71 bits per heavy atom. The van der Waals surface area contributed by atoms with Gasteiger partial charge in [0.15, 0.2) is 0 Å². The summed E-state index contributed by atoms with van der Waals surface area (Å²) in [5, 5.41) is 0. The van der Waals surface area contributed by atoms with Crippen LogP contribution in [0.3, 0.4) is 0 Å². The maximum Gasteiger partial charge on any atom is 0.296 e. The number of nitrogens with zero attached hydrogens (tertiary/aromatic N) is 3. The summed E-state index contributed by atoms with van der Waals surface area (Å²) in [5.41, 5.74) is 3.01. The van der Waals surface area contributed by atoms with Gasteiger partial charge in [-0.1, -0.05) is 29.8 Å². The smallest absolute Gasteiger partial charge is 0.296 e. The minimum absolute atomic E-state index is 0.158. The Morgan fingerprint density at radius 3 is 2.36 bits per heavy atom. The highest BCUT2D eigenvalue weighted by atomic mass is 16.2. The second kappa shape index (κ2) is 6.59. The van der Waals surface area contributed by atoms with Gasteiger partial charge in [-0.25, -0.2) is 0 Å². The van der Waals surface area contributed by atoms with Crippen LogP contribution < -0.4 is 0 Å². The van der Waals surface area contributed by atoms with Gasteiger partial charge in [0, 0.05) is 31.7 Å². The van der Waals surface area contributed by atoms with Crippen LogP contribution in [-0.2, 0) is 11.8 Å². The van der Waals surface area contributed by atoms with Gasteiger partial charge in [0.25, 0.3) is 11.7 Å². The summed E-state index contributed by atoms with van der Waals surface area (Å²) in [5.74, 6) is 0.0712. The molecule has 5 nitrogen and oxygen atoms in total. The molecule has 6 rings (SSSR count). The van der Waals surface area contributed by atoms with E-state index in [4.69, 9.17) is 0 Å². The standard InChI is InChI=1S/C23H27N3O2/c1-15-5-7-16(8-6-15)18-14-26(20-17-9-12-25(13-10-17)21(18)20)23(28)22(27)19-4-3-11-24(19)2/h3-8,11,17-18,20-21H,9-10,12-14H2,1-2H3/t18-,20+,21+/m1/s1. The summed E-state index contributed by atoms with van der Waals surface area (Å²) >= 11 is 0. The largest absolute Gasteiger partial charge is 0.348 e. The van der Waals surface area contributed by atoms with Crippen LogP contribution in [0.25, 0.3) is 0 Å². The molecule has 5 heteroatoms. The molecule has 1 aromatic heterocycles. The Kier molecular flexibility index (Phi) is 4.16. The number of Topliss-reactive ketones (excluding diaryl/α,β-unsaturated/α-hetero) is 1. The lowest BCUT2D eigenvalue weighted by Gasteiger charge is -2.51. The van der Waals surface area contributed by atoms with E-state index in [9.17, 15) is 9.59 Å². The van der Waals surface area contributed by atoms with Gasteiger partial charge < -0.3 is 9.47 Å². The van der Waals surface area contributed by atoms with Crippen LogP contribution in [0, 0.1) is 12.8 Å². The van der Waals surface area contributed by atoms with E-state index in [-0.39, 0.29) is 23.7 Å². The van der Waals surface area contributed by atoms with Gasteiger partial charge in [-0.3, -0.25) is 14.5 Å². The molecule has 4 aliphatic heterocycles. The molecule has 0 N–H and O–H groups in total. The van der Waals surface area contributed by atoms with Crippen LogP contribution >= 0.6 is 0 Å². The molecule has 4 saturated heterocycles. The molecule has 0 saturated carbocycles. The lowest BCUT2D eigenvalue weighted by Crippen LogP contribution is -2.61. The number of aromatic nitrogens is 1. The number of piperidine rings is 3. The van der Waals surface area contributed by atoms with Crippen molar-refractivity contribution in [1.82, 2.24) is 14.4 Å². The first kappa shape index (κ1) is 17.7. The first-order valence-corrected chi connectivity index (χ1v) is 10.3. The summed E-state index contributed by atoms with van der Waals surface area (Å²) in [6.07, 6.45) is 4.07. The van der Waals surface area contributed by atoms with Crippen molar-refractivity contribution in [3.05, 3.63) is 59.4 Å². The van der Waals surface area contributed by atoms with Crippen LogP contribution in [-0.4, -0.2) is 57.8 Å². The number of carbonyl (C=O) groups is 2. The average Bonchev–Trinajstić information content (AvgIpc) is 3.34. The minimum atomic E-state index is -0.382. The van der Waals surface area contributed by atoms with Crippen LogP contribution in [0.5, 0.6) is 0 Å². The van der Waals surface area contributed by atoms with Gasteiger partial charge >= 0.3 is 0 Å². The van der Waals surface area contributed by atoms with Crippen molar-refractivity contribution in [3.63, 3.8) is 0 Å². The van der Waals surface area contributed by atoms with Crippen molar-refractivity contribution >= 4 is 11.7 Å². The van der Waals surface area contributed by atoms with Gasteiger partial charge in [-0.15, -0.1) is 0 Å². The SMILES string of the molecule is Cc1ccc([C@H]2CN(C(=O)C(=O)c3cccn3C)[C@H]3C4CCN(CC4)[C@@H]23)cc1. The van der Waals surface area contributed by atoms with E-state index >= 15 is 0 Å². The highest BCUT2D eigenvalue weighted by Gasteiger charge is 2.55. The highest BCUT2D eigenvalue weighted by molar-refractivity contribution is 6.42. The Labute approximate surface area is 165 Å². The van der Waals surface area contributed by atoms with Crippen molar-refractivity contribution < 1.29 is 9.59 Å². The third kappa shape index (κ3) is 2.64. The lowest BCUT2D eigenvalue weighted by atomic mass is 9.75. The van der Waals surface area contributed by atoms with E-state index in [0.29, 0.717) is 24.2 Å². The molecular weight excluding hydrogens is 350 g/mol. The predicted octanol–water partition coefficient (Wildman–Crippen LogP) is 2.61. The number of hydrogen-bond acceptors (Lipinski definition) is 3. The number of aryl methyl sites for hydroxylation is 2. The van der Waals surface area contributed by atoms with Crippen LogP contribution in [0.4, 0.5) is 0 Å². The molecular formula is C23H27N3O2. The van der Waals surface area contributed by atoms with Crippen molar-refractivity contribution in [1.29, 1.82) is 0 Å². The van der Waals surface area contributed by atoms with Crippen molar-refractivity contribution in [2.75, 3.05) is 19.6 Å². The minimum Gasteiger partial charge on any atom is -0.348 e. The average molecular weight is 377 g/mol. The molecule has 4 aliphatic rings. The lowest BCUT2D eigenvalue weighted by molar-refractivity contribution is -0.131. The van der Waals surface area contributed by atoms with Crippen molar-refractivity contribution in [3.8, 4) is 0 Å². The number of benzene rings is 1. The molecule has 2 bridgehead atoms. The Hall–Kier alpha value is -2.40. The molecule has 0 unspecified atom stereocenters. The van der Waals surface area contributed by atoms with Crippen LogP contribution in [0.15, 0.2) is 42.6 Å². The Bertz CT molecular complexity index is 908. The van der Waals surface area contributed by atoms with Crippen molar-refractivity contribution in [2.24, 2.45) is 13.0 Å². The molecule has 28 heavy (non-hydrogen) atoms. The Balaban J connectivity index is 1.50. The maximum atomic E-state index is 13.3.